The third-order valence-electron chi connectivity index (χ3n) is 4.10. The molecule has 5 heteroatoms. The predicted octanol–water partition coefficient (Wildman–Crippen LogP) is 3.80. The monoisotopic (exact) mass is 353 g/mol. The fourth-order valence-electron chi connectivity index (χ4n) is 2.52. The molecule has 1 N–H and O–H groups in total. The Balaban J connectivity index is 1.93. The van der Waals surface area contributed by atoms with Gasteiger partial charge in [0.25, 0.3) is 0 Å². The fraction of sp³-hybridized carbons (Fsp3) is 0.333. The van der Waals surface area contributed by atoms with Gasteiger partial charge in [0.1, 0.15) is 0 Å². The van der Waals surface area contributed by atoms with Gasteiger partial charge in [0.2, 0.25) is 0 Å². The molecule has 2 aromatic carbocycles. The Morgan fingerprint density at radius 3 is 2.23 bits per heavy atom. The molecule has 0 aromatic heterocycles. The molecule has 0 bridgehead atoms. The largest absolute Gasteiger partial charge is 0.465 e. The Hall–Kier alpha value is -2.66. The summed E-state index contributed by atoms with van der Waals surface area (Å²) in [6.07, 6.45) is 2.24. The summed E-state index contributed by atoms with van der Waals surface area (Å²) >= 11 is 0. The summed E-state index contributed by atoms with van der Waals surface area (Å²) in [5, 5.41) is 4.42. The second-order valence-electron chi connectivity index (χ2n) is 6.48. The Bertz CT molecular complexity index is 735. The van der Waals surface area contributed by atoms with Gasteiger partial charge in [-0.05, 0) is 75.8 Å². The molecule has 2 aromatic rings. The lowest BCUT2D eigenvalue weighted by Gasteiger charge is -2.09. The number of rotatable bonds is 8. The third-order valence-corrected chi connectivity index (χ3v) is 4.10. The summed E-state index contributed by atoms with van der Waals surface area (Å²) in [5.74, 6) is -0.345. The number of ether oxygens (including phenoxy) is 1. The van der Waals surface area contributed by atoms with Crippen LogP contribution in [-0.4, -0.2) is 44.3 Å². The van der Waals surface area contributed by atoms with Crippen LogP contribution in [0.15, 0.2) is 53.6 Å². The lowest BCUT2D eigenvalue weighted by Crippen LogP contribution is -2.13. The van der Waals surface area contributed by atoms with Gasteiger partial charge in [-0.25, -0.2) is 4.79 Å². The van der Waals surface area contributed by atoms with Crippen LogP contribution in [0.2, 0.25) is 0 Å². The summed E-state index contributed by atoms with van der Waals surface area (Å²) in [5.41, 5.74) is 7.68. The second kappa shape index (κ2) is 9.73. The number of hydrogen-bond donors (Lipinski definition) is 1. The zero-order chi connectivity index (χ0) is 18.9. The van der Waals surface area contributed by atoms with Crippen molar-refractivity contribution in [2.24, 2.45) is 5.10 Å². The molecular formula is C21H27N3O2. The van der Waals surface area contributed by atoms with Gasteiger partial charge in [0, 0.05) is 0 Å². The number of anilines is 1. The molecule has 5 nitrogen and oxygen atoms in total. The van der Waals surface area contributed by atoms with Gasteiger partial charge in [-0.3, -0.25) is 5.43 Å². The minimum Gasteiger partial charge on any atom is -0.465 e. The molecule has 0 saturated carbocycles. The summed E-state index contributed by atoms with van der Waals surface area (Å²) in [6.45, 7) is 3.07. The number of esters is 1. The zero-order valence-corrected chi connectivity index (χ0v) is 16.0. The molecule has 0 saturated heterocycles. The van der Waals surface area contributed by atoms with Gasteiger partial charge < -0.3 is 9.64 Å². The van der Waals surface area contributed by atoms with Gasteiger partial charge in [0.15, 0.2) is 0 Å². The number of hydrazone groups is 1. The first-order valence-electron chi connectivity index (χ1n) is 8.72. The Kier molecular flexibility index (Phi) is 7.36. The number of methoxy groups -OCH3 is 1. The number of nitrogens with zero attached hydrogens (tertiary/aromatic N) is 2. The van der Waals surface area contributed by atoms with Gasteiger partial charge >= 0.3 is 5.97 Å². The van der Waals surface area contributed by atoms with Crippen molar-refractivity contribution in [3.8, 4) is 0 Å². The SMILES string of the molecule is COC(=O)c1ccc(N/N=C(/C)c2ccc(CCCN(C)C)cc2)cc1. The molecule has 0 atom stereocenters. The van der Waals surface area contributed by atoms with Crippen LogP contribution in [0.1, 0.15) is 34.8 Å². The average molecular weight is 353 g/mol. The van der Waals surface area contributed by atoms with E-state index in [-0.39, 0.29) is 5.97 Å². The lowest BCUT2D eigenvalue weighted by molar-refractivity contribution is 0.0601. The Morgan fingerprint density at radius 2 is 1.65 bits per heavy atom. The van der Waals surface area contributed by atoms with Gasteiger partial charge in [-0.15, -0.1) is 0 Å². The number of aryl methyl sites for hydroxylation is 1. The van der Waals surface area contributed by atoms with Crippen LogP contribution in [0.5, 0.6) is 0 Å². The summed E-state index contributed by atoms with van der Waals surface area (Å²) in [6, 6.07) is 15.6. The number of carbonyl (C=O) groups is 1. The lowest BCUT2D eigenvalue weighted by atomic mass is 10.1. The van der Waals surface area contributed by atoms with Crippen molar-refractivity contribution in [1.29, 1.82) is 0 Å². The molecule has 138 valence electrons. The van der Waals surface area contributed by atoms with E-state index in [1.807, 2.05) is 6.92 Å². The Labute approximate surface area is 155 Å². The molecule has 0 fully saturated rings. The fourth-order valence-corrected chi connectivity index (χ4v) is 2.52. The smallest absolute Gasteiger partial charge is 0.337 e. The highest BCUT2D eigenvalue weighted by molar-refractivity contribution is 5.99. The molecule has 2 rings (SSSR count). The van der Waals surface area contributed by atoms with Crippen LogP contribution in [0.25, 0.3) is 0 Å². The molecule has 0 spiro atoms. The third kappa shape index (κ3) is 6.01. The van der Waals surface area contributed by atoms with E-state index < -0.39 is 0 Å². The van der Waals surface area contributed by atoms with Crippen molar-refractivity contribution in [1.82, 2.24) is 4.90 Å². The normalized spacial score (nSPS) is 11.5. The molecule has 0 radical (unpaired) electrons. The first-order valence-corrected chi connectivity index (χ1v) is 8.72. The molecule has 26 heavy (non-hydrogen) atoms. The number of benzene rings is 2. The van der Waals surface area contributed by atoms with Crippen LogP contribution < -0.4 is 5.43 Å². The van der Waals surface area contributed by atoms with Crippen LogP contribution in [0, 0.1) is 0 Å². The molecule has 0 aliphatic rings. The van der Waals surface area contributed by atoms with Crippen LogP contribution in [0.4, 0.5) is 5.69 Å². The standard InChI is InChI=1S/C21H27N3O2/c1-16(18-9-7-17(8-10-18)6-5-15-24(2)3)22-23-20-13-11-19(12-14-20)21(25)26-4/h7-14,23H,5-6,15H2,1-4H3/b22-16-. The highest BCUT2D eigenvalue weighted by atomic mass is 16.5. The molecule has 0 heterocycles. The Morgan fingerprint density at radius 1 is 1.04 bits per heavy atom. The van der Waals surface area contributed by atoms with E-state index in [9.17, 15) is 4.79 Å². The van der Waals surface area contributed by atoms with E-state index in [2.05, 4.69) is 58.5 Å². The number of hydrogen-bond acceptors (Lipinski definition) is 5. The minimum absolute atomic E-state index is 0.345. The maximum absolute atomic E-state index is 11.4. The van der Waals surface area contributed by atoms with E-state index >= 15 is 0 Å². The molecule has 0 aliphatic heterocycles. The first kappa shape index (κ1) is 19.7. The summed E-state index contributed by atoms with van der Waals surface area (Å²) in [4.78, 5) is 13.6. The molecule has 0 unspecified atom stereocenters. The van der Waals surface area contributed by atoms with Crippen LogP contribution >= 0.6 is 0 Å². The average Bonchev–Trinajstić information content (AvgIpc) is 2.66. The van der Waals surface area contributed by atoms with E-state index in [1.54, 1.807) is 24.3 Å². The van der Waals surface area contributed by atoms with Gasteiger partial charge in [-0.1, -0.05) is 24.3 Å². The quantitative estimate of drug-likeness (QED) is 0.445. The molecule has 0 amide bonds. The van der Waals surface area contributed by atoms with E-state index in [0.29, 0.717) is 5.56 Å². The van der Waals surface area contributed by atoms with Crippen molar-refractivity contribution in [2.75, 3.05) is 33.2 Å². The highest BCUT2D eigenvalue weighted by Gasteiger charge is 2.04. The van der Waals surface area contributed by atoms with Crippen LogP contribution in [-0.2, 0) is 11.2 Å². The number of carbonyl (C=O) groups excluding carboxylic acids is 1. The van der Waals surface area contributed by atoms with Crippen molar-refractivity contribution in [3.63, 3.8) is 0 Å². The van der Waals surface area contributed by atoms with Crippen molar-refractivity contribution >= 4 is 17.4 Å². The van der Waals surface area contributed by atoms with E-state index in [0.717, 1.165) is 36.3 Å². The topological polar surface area (TPSA) is 53.9 Å². The van der Waals surface area contributed by atoms with Gasteiger partial charge in [-0.2, -0.15) is 5.10 Å². The second-order valence-corrected chi connectivity index (χ2v) is 6.48. The predicted molar refractivity (Wildman–Crippen MR) is 107 cm³/mol. The maximum Gasteiger partial charge on any atom is 0.337 e. The van der Waals surface area contributed by atoms with Crippen LogP contribution in [0.3, 0.4) is 0 Å². The zero-order valence-electron chi connectivity index (χ0n) is 16.0. The first-order chi connectivity index (χ1) is 12.5. The summed E-state index contributed by atoms with van der Waals surface area (Å²) < 4.78 is 4.69. The number of nitrogens with one attached hydrogen (secondary N) is 1. The molecular weight excluding hydrogens is 326 g/mol. The van der Waals surface area contributed by atoms with Gasteiger partial charge in [0.05, 0.1) is 24.1 Å². The molecule has 0 aliphatic carbocycles. The maximum atomic E-state index is 11.4. The van der Waals surface area contributed by atoms with E-state index in [4.69, 9.17) is 0 Å². The van der Waals surface area contributed by atoms with Crippen molar-refractivity contribution < 1.29 is 9.53 Å². The van der Waals surface area contributed by atoms with Crippen molar-refractivity contribution in [2.45, 2.75) is 19.8 Å². The minimum atomic E-state index is -0.345. The summed E-state index contributed by atoms with van der Waals surface area (Å²) in [7, 11) is 5.56. The van der Waals surface area contributed by atoms with Crippen molar-refractivity contribution in [3.05, 3.63) is 65.2 Å². The van der Waals surface area contributed by atoms with E-state index in [1.165, 1.54) is 12.7 Å². The highest BCUT2D eigenvalue weighted by Crippen LogP contribution is 2.12.